The van der Waals surface area contributed by atoms with Crippen LogP contribution in [0, 0.1) is 5.92 Å². The molecule has 1 fully saturated rings. The Labute approximate surface area is 261 Å². The van der Waals surface area contributed by atoms with Crippen LogP contribution in [0.4, 0.5) is 0 Å². The number of esters is 2. The Morgan fingerprint density at radius 2 is 1.82 bits per heavy atom. The Hall–Kier alpha value is -3.08. The van der Waals surface area contributed by atoms with Crippen molar-refractivity contribution < 1.29 is 68.3 Å². The first-order chi connectivity index (χ1) is 21.5. The molecule has 0 bridgehead atoms. The van der Waals surface area contributed by atoms with E-state index < -0.39 is 73.9 Å². The van der Waals surface area contributed by atoms with Gasteiger partial charge in [-0.1, -0.05) is 18.2 Å². The number of rotatable bonds is 14. The molecule has 2 heterocycles. The number of allylic oxidation sites excluding steroid dienone is 1. The molecule has 5 N–H and O–H groups in total. The van der Waals surface area contributed by atoms with E-state index in [1.165, 1.54) is 7.11 Å². The van der Waals surface area contributed by atoms with Crippen molar-refractivity contribution in [2.45, 2.75) is 89.4 Å². The minimum Gasteiger partial charge on any atom is -0.508 e. The zero-order chi connectivity index (χ0) is 33.1. The minimum atomic E-state index is -1.58. The molecule has 3 rings (SSSR count). The van der Waals surface area contributed by atoms with Gasteiger partial charge in [0, 0.05) is 17.9 Å². The minimum absolute atomic E-state index is 0.0447. The van der Waals surface area contributed by atoms with Gasteiger partial charge in [0.05, 0.1) is 50.8 Å². The number of aliphatic hydroxyl groups is 4. The maximum atomic E-state index is 13.0. The molecule has 1 aromatic rings. The van der Waals surface area contributed by atoms with Gasteiger partial charge in [0.15, 0.2) is 12.6 Å². The number of hydrogen-bond acceptors (Lipinski definition) is 14. The average Bonchev–Trinajstić information content (AvgIpc) is 3.11. The van der Waals surface area contributed by atoms with Gasteiger partial charge < -0.3 is 58.7 Å². The van der Waals surface area contributed by atoms with Crippen LogP contribution in [0.1, 0.15) is 39.2 Å². The summed E-state index contributed by atoms with van der Waals surface area (Å²) in [6.45, 7) is 4.74. The van der Waals surface area contributed by atoms with Crippen LogP contribution >= 0.6 is 0 Å². The summed E-state index contributed by atoms with van der Waals surface area (Å²) >= 11 is 0. The van der Waals surface area contributed by atoms with Crippen molar-refractivity contribution in [2.75, 3.05) is 26.9 Å². The van der Waals surface area contributed by atoms with Gasteiger partial charge in [0.1, 0.15) is 30.7 Å². The molecule has 0 amide bonds. The summed E-state index contributed by atoms with van der Waals surface area (Å²) in [6, 6.07) is 6.81. The molecule has 0 aliphatic carbocycles. The molecule has 1 aromatic carbocycles. The van der Waals surface area contributed by atoms with Crippen molar-refractivity contribution in [1.29, 1.82) is 0 Å². The van der Waals surface area contributed by atoms with E-state index in [0.29, 0.717) is 18.6 Å². The SMILES string of the molecule is C/C=C1\[C@H](OC2CC(O)C(O)C(O)C(CO)O2)OC=C(C(=O)OC)[C@H]1CC(=O)OCC(C)OC(C)OCCc1ccc(O)cc1. The van der Waals surface area contributed by atoms with Crippen LogP contribution in [0.25, 0.3) is 0 Å². The molecule has 0 aromatic heterocycles. The lowest BCUT2D eigenvalue weighted by Crippen LogP contribution is -2.44. The number of hydrogen-bond donors (Lipinski definition) is 5. The number of aromatic hydroxyl groups is 1. The quantitative estimate of drug-likeness (QED) is 0.109. The predicted molar refractivity (Wildman–Crippen MR) is 155 cm³/mol. The molecule has 2 aliphatic rings. The van der Waals surface area contributed by atoms with Crippen LogP contribution in [0.15, 0.2) is 47.7 Å². The fraction of sp³-hybridized carbons (Fsp3) is 0.613. The topological polar surface area (TPSA) is 200 Å². The van der Waals surface area contributed by atoms with Crippen molar-refractivity contribution in [3.05, 3.63) is 53.3 Å². The van der Waals surface area contributed by atoms with Crippen molar-refractivity contribution >= 4 is 11.9 Å². The molecule has 14 heteroatoms. The van der Waals surface area contributed by atoms with Gasteiger partial charge in [-0.05, 0) is 44.9 Å². The molecular formula is C31H44O14. The highest BCUT2D eigenvalue weighted by molar-refractivity contribution is 5.90. The summed E-state index contributed by atoms with van der Waals surface area (Å²) in [5, 5.41) is 49.5. The first-order valence-electron chi connectivity index (χ1n) is 14.7. The van der Waals surface area contributed by atoms with E-state index in [4.69, 9.17) is 33.2 Å². The van der Waals surface area contributed by atoms with E-state index in [-0.39, 0.29) is 30.8 Å². The monoisotopic (exact) mass is 640 g/mol. The standard InChI is InChI=1S/C31H44O14/c1-5-21-22(12-26(35)41-15-17(2)43-18(3)40-11-10-19-6-8-20(33)9-7-19)23(30(38)39-4)16-42-31(21)45-27-13-24(34)28(36)29(37)25(14-32)44-27/h5-9,16-18,22,24-25,27-29,31-34,36-37H,10-15H2,1-4H3/b21-5-/t17?,18?,22-,24?,25?,27?,28?,29?,31-/m0/s1. The number of carbonyl (C=O) groups is 2. The Morgan fingerprint density at radius 3 is 2.47 bits per heavy atom. The largest absolute Gasteiger partial charge is 0.508 e. The molecule has 9 atom stereocenters. The smallest absolute Gasteiger partial charge is 0.337 e. The van der Waals surface area contributed by atoms with Crippen molar-refractivity contribution in [3.63, 3.8) is 0 Å². The molecule has 0 saturated carbocycles. The first kappa shape index (κ1) is 36.4. The third-order valence-corrected chi connectivity index (χ3v) is 7.42. The molecule has 14 nitrogen and oxygen atoms in total. The second-order valence-corrected chi connectivity index (χ2v) is 10.8. The molecule has 45 heavy (non-hydrogen) atoms. The molecule has 252 valence electrons. The summed E-state index contributed by atoms with van der Waals surface area (Å²) in [5.41, 5.74) is 1.40. The Bertz CT molecular complexity index is 1150. The van der Waals surface area contributed by atoms with E-state index >= 15 is 0 Å². The molecule has 2 aliphatic heterocycles. The number of ether oxygens (including phenoxy) is 7. The molecule has 1 saturated heterocycles. The van der Waals surface area contributed by atoms with E-state index in [2.05, 4.69) is 0 Å². The maximum Gasteiger partial charge on any atom is 0.337 e. The Morgan fingerprint density at radius 1 is 1.11 bits per heavy atom. The van der Waals surface area contributed by atoms with Crippen molar-refractivity contribution in [3.8, 4) is 5.75 Å². The van der Waals surface area contributed by atoms with E-state index in [1.807, 2.05) is 0 Å². The van der Waals surface area contributed by atoms with E-state index in [9.17, 15) is 35.1 Å². The number of phenols is 1. The third kappa shape index (κ3) is 10.5. The van der Waals surface area contributed by atoms with E-state index in [1.54, 1.807) is 51.1 Å². The summed E-state index contributed by atoms with van der Waals surface area (Å²) in [6.07, 6.45) is -6.53. The summed E-state index contributed by atoms with van der Waals surface area (Å²) in [5.74, 6) is -2.05. The molecule has 0 spiro atoms. The van der Waals surface area contributed by atoms with Gasteiger partial charge in [0.25, 0.3) is 0 Å². The van der Waals surface area contributed by atoms with Crippen molar-refractivity contribution in [1.82, 2.24) is 0 Å². The molecular weight excluding hydrogens is 596 g/mol. The lowest BCUT2D eigenvalue weighted by atomic mass is 9.86. The van der Waals surface area contributed by atoms with Crippen molar-refractivity contribution in [2.24, 2.45) is 5.92 Å². The van der Waals surface area contributed by atoms with Gasteiger partial charge in [-0.2, -0.15) is 0 Å². The van der Waals surface area contributed by atoms with Crippen LogP contribution in [0.2, 0.25) is 0 Å². The predicted octanol–water partition coefficient (Wildman–Crippen LogP) is 0.818. The zero-order valence-electron chi connectivity index (χ0n) is 25.8. The number of phenolic OH excluding ortho intramolecular Hbond substituents is 1. The number of benzene rings is 1. The Balaban J connectivity index is 1.57. The summed E-state index contributed by atoms with van der Waals surface area (Å²) in [4.78, 5) is 25.5. The highest BCUT2D eigenvalue weighted by atomic mass is 16.8. The number of methoxy groups -OCH3 is 1. The number of aliphatic hydroxyl groups excluding tert-OH is 4. The second-order valence-electron chi connectivity index (χ2n) is 10.8. The van der Waals surface area contributed by atoms with E-state index in [0.717, 1.165) is 11.8 Å². The maximum absolute atomic E-state index is 13.0. The highest BCUT2D eigenvalue weighted by Crippen LogP contribution is 2.36. The van der Waals surface area contributed by atoms with Gasteiger partial charge >= 0.3 is 11.9 Å². The van der Waals surface area contributed by atoms with Crippen LogP contribution in [0.3, 0.4) is 0 Å². The molecule has 0 radical (unpaired) electrons. The summed E-state index contributed by atoms with van der Waals surface area (Å²) < 4.78 is 38.9. The lowest BCUT2D eigenvalue weighted by Gasteiger charge is -2.34. The molecule has 7 unspecified atom stereocenters. The van der Waals surface area contributed by atoms with Gasteiger partial charge in [-0.3, -0.25) is 4.79 Å². The average molecular weight is 641 g/mol. The fourth-order valence-corrected chi connectivity index (χ4v) is 4.96. The first-order valence-corrected chi connectivity index (χ1v) is 14.7. The number of carbonyl (C=O) groups excluding carboxylic acids is 2. The summed E-state index contributed by atoms with van der Waals surface area (Å²) in [7, 11) is 1.19. The second kappa shape index (κ2) is 17.6. The fourth-order valence-electron chi connectivity index (χ4n) is 4.96. The third-order valence-electron chi connectivity index (χ3n) is 7.42. The van der Waals surface area contributed by atoms with Gasteiger partial charge in [-0.25, -0.2) is 4.79 Å². The lowest BCUT2D eigenvalue weighted by molar-refractivity contribution is -0.249. The Kier molecular flexibility index (Phi) is 14.2. The zero-order valence-corrected chi connectivity index (χ0v) is 25.8. The highest BCUT2D eigenvalue weighted by Gasteiger charge is 2.42. The van der Waals surface area contributed by atoms with Gasteiger partial charge in [0.2, 0.25) is 6.29 Å². The van der Waals surface area contributed by atoms with Crippen LogP contribution in [-0.4, -0.2) is 114 Å². The van der Waals surface area contributed by atoms with Gasteiger partial charge in [-0.15, -0.1) is 0 Å². The van der Waals surface area contributed by atoms with Crippen LogP contribution in [0.5, 0.6) is 5.75 Å². The normalized spacial score (nSPS) is 29.2. The van der Waals surface area contributed by atoms with Crippen LogP contribution < -0.4 is 0 Å². The van der Waals surface area contributed by atoms with Crippen LogP contribution in [-0.2, 0) is 49.2 Å².